The third kappa shape index (κ3) is 5.19. The third-order valence-electron chi connectivity index (χ3n) is 3.76. The van der Waals surface area contributed by atoms with Gasteiger partial charge in [-0.1, -0.05) is 53.5 Å². The van der Waals surface area contributed by atoms with Crippen LogP contribution in [0.25, 0.3) is 0 Å². The van der Waals surface area contributed by atoms with Crippen molar-refractivity contribution >= 4 is 46.9 Å². The van der Waals surface area contributed by atoms with Gasteiger partial charge in [0.1, 0.15) is 0 Å². The number of halogens is 2. The monoisotopic (exact) mass is 411 g/mol. The van der Waals surface area contributed by atoms with Crippen molar-refractivity contribution in [2.24, 2.45) is 5.10 Å². The van der Waals surface area contributed by atoms with Gasteiger partial charge < -0.3 is 5.32 Å². The molecule has 0 saturated heterocycles. The minimum absolute atomic E-state index is 0.261. The highest BCUT2D eigenvalue weighted by Crippen LogP contribution is 2.22. The van der Waals surface area contributed by atoms with Gasteiger partial charge in [0.25, 0.3) is 11.8 Å². The lowest BCUT2D eigenvalue weighted by molar-refractivity contribution is 0.0954. The third-order valence-corrected chi connectivity index (χ3v) is 4.31. The fourth-order valence-electron chi connectivity index (χ4n) is 2.35. The predicted octanol–water partition coefficient (Wildman–Crippen LogP) is 5.01. The molecule has 0 heterocycles. The zero-order valence-corrected chi connectivity index (χ0v) is 16.0. The summed E-state index contributed by atoms with van der Waals surface area (Å²) in [5.74, 6) is -0.725. The van der Waals surface area contributed by atoms with Crippen LogP contribution in [-0.2, 0) is 0 Å². The normalized spacial score (nSPS) is 10.6. The summed E-state index contributed by atoms with van der Waals surface area (Å²) >= 11 is 11.9. The van der Waals surface area contributed by atoms with Crippen molar-refractivity contribution < 1.29 is 9.59 Å². The van der Waals surface area contributed by atoms with Crippen molar-refractivity contribution in [3.8, 4) is 0 Å². The molecule has 7 heteroatoms. The molecule has 3 aromatic carbocycles. The lowest BCUT2D eigenvalue weighted by Gasteiger charge is -2.08. The van der Waals surface area contributed by atoms with Gasteiger partial charge in [0.05, 0.1) is 16.8 Å². The van der Waals surface area contributed by atoms with Crippen LogP contribution in [0.3, 0.4) is 0 Å². The molecule has 0 saturated carbocycles. The van der Waals surface area contributed by atoms with Gasteiger partial charge in [-0.15, -0.1) is 0 Å². The number of rotatable bonds is 5. The summed E-state index contributed by atoms with van der Waals surface area (Å²) in [6, 6.07) is 20.5. The van der Waals surface area contributed by atoms with Gasteiger partial charge in [-0.05, 0) is 48.0 Å². The summed E-state index contributed by atoms with van der Waals surface area (Å²) < 4.78 is 0. The quantitative estimate of drug-likeness (QED) is 0.457. The van der Waals surface area contributed by atoms with Gasteiger partial charge in [-0.3, -0.25) is 9.59 Å². The Morgan fingerprint density at radius 2 is 1.57 bits per heavy atom. The number of hydrogen-bond acceptors (Lipinski definition) is 3. The Morgan fingerprint density at radius 3 is 2.25 bits per heavy atom. The van der Waals surface area contributed by atoms with Crippen LogP contribution in [-0.4, -0.2) is 18.0 Å². The van der Waals surface area contributed by atoms with Crippen LogP contribution in [0.2, 0.25) is 10.0 Å². The Morgan fingerprint density at radius 1 is 0.857 bits per heavy atom. The number of benzene rings is 3. The maximum absolute atomic E-state index is 12.3. The minimum Gasteiger partial charge on any atom is -0.322 e. The van der Waals surface area contributed by atoms with Gasteiger partial charge in [0.2, 0.25) is 0 Å². The van der Waals surface area contributed by atoms with E-state index in [1.807, 2.05) is 30.3 Å². The van der Waals surface area contributed by atoms with Gasteiger partial charge >= 0.3 is 0 Å². The lowest BCUT2D eigenvalue weighted by atomic mass is 10.1. The van der Waals surface area contributed by atoms with Gasteiger partial charge in [-0.25, -0.2) is 5.43 Å². The highest BCUT2D eigenvalue weighted by atomic mass is 35.5. The van der Waals surface area contributed by atoms with Crippen molar-refractivity contribution in [1.82, 2.24) is 5.43 Å². The Hall–Kier alpha value is -3.15. The topological polar surface area (TPSA) is 70.6 Å². The number of carbonyl (C=O) groups is 2. The molecule has 0 fully saturated rings. The second kappa shape index (κ2) is 9.17. The fourth-order valence-corrected chi connectivity index (χ4v) is 2.84. The van der Waals surface area contributed by atoms with Gasteiger partial charge in [-0.2, -0.15) is 5.10 Å². The molecule has 0 bridgehead atoms. The number of nitrogens with zero attached hydrogens (tertiary/aromatic N) is 1. The fraction of sp³-hybridized carbons (Fsp3) is 0. The Balaban J connectivity index is 1.60. The van der Waals surface area contributed by atoms with E-state index in [9.17, 15) is 9.59 Å². The number of nitrogens with one attached hydrogen (secondary N) is 2. The van der Waals surface area contributed by atoms with Crippen LogP contribution in [0.5, 0.6) is 0 Å². The summed E-state index contributed by atoms with van der Waals surface area (Å²) in [4.78, 5) is 24.4. The molecular formula is C21H15Cl2N3O2. The molecule has 0 unspecified atom stereocenters. The van der Waals surface area contributed by atoms with E-state index in [1.54, 1.807) is 42.6 Å². The van der Waals surface area contributed by atoms with E-state index in [-0.39, 0.29) is 16.8 Å². The molecule has 0 radical (unpaired) electrons. The SMILES string of the molecule is O=C(N/N=C\c1ccccc1)c1ccc(NC(=O)c2ccc(Cl)cc2Cl)cc1. The summed E-state index contributed by atoms with van der Waals surface area (Å²) in [5, 5.41) is 7.36. The second-order valence-corrected chi connectivity index (χ2v) is 6.61. The standard InChI is InChI=1S/C21H15Cl2N3O2/c22-16-8-11-18(19(23)12-16)21(28)25-17-9-6-15(7-10-17)20(27)26-24-13-14-4-2-1-3-5-14/h1-13H,(H,25,28)(H,26,27)/b24-13-. The molecular weight excluding hydrogens is 397 g/mol. The number of hydrogen-bond donors (Lipinski definition) is 2. The smallest absolute Gasteiger partial charge is 0.271 e. The first-order chi connectivity index (χ1) is 13.5. The zero-order chi connectivity index (χ0) is 19.9. The molecule has 0 spiro atoms. The number of hydrazone groups is 1. The summed E-state index contributed by atoms with van der Waals surface area (Å²) in [6.45, 7) is 0. The Labute approximate surface area is 172 Å². The van der Waals surface area contributed by atoms with E-state index in [0.29, 0.717) is 21.8 Å². The van der Waals surface area contributed by atoms with Crippen molar-refractivity contribution in [2.45, 2.75) is 0 Å². The van der Waals surface area contributed by atoms with Gasteiger partial charge in [0.15, 0.2) is 0 Å². The Bertz CT molecular complexity index is 1020. The van der Waals surface area contributed by atoms with E-state index in [1.165, 1.54) is 6.07 Å². The first-order valence-electron chi connectivity index (χ1n) is 8.28. The van der Waals surface area contributed by atoms with Crippen LogP contribution in [0.1, 0.15) is 26.3 Å². The average molecular weight is 412 g/mol. The van der Waals surface area contributed by atoms with Crippen LogP contribution >= 0.6 is 23.2 Å². The molecule has 3 rings (SSSR count). The second-order valence-electron chi connectivity index (χ2n) is 5.77. The van der Waals surface area contributed by atoms with Crippen molar-refractivity contribution in [1.29, 1.82) is 0 Å². The summed E-state index contributed by atoms with van der Waals surface area (Å²) in [5.41, 5.74) is 4.58. The van der Waals surface area contributed by atoms with Crippen LogP contribution < -0.4 is 10.7 Å². The largest absolute Gasteiger partial charge is 0.322 e. The number of carbonyl (C=O) groups excluding carboxylic acids is 2. The molecule has 2 amide bonds. The Kier molecular flexibility index (Phi) is 6.42. The van der Waals surface area contributed by atoms with E-state index in [2.05, 4.69) is 15.8 Å². The van der Waals surface area contributed by atoms with E-state index < -0.39 is 0 Å². The van der Waals surface area contributed by atoms with E-state index >= 15 is 0 Å². The highest BCUT2D eigenvalue weighted by molar-refractivity contribution is 6.37. The number of amides is 2. The molecule has 0 aliphatic heterocycles. The maximum atomic E-state index is 12.3. The zero-order valence-electron chi connectivity index (χ0n) is 14.5. The predicted molar refractivity (Wildman–Crippen MR) is 112 cm³/mol. The van der Waals surface area contributed by atoms with Crippen LogP contribution in [0, 0.1) is 0 Å². The summed E-state index contributed by atoms with van der Waals surface area (Å²) in [7, 11) is 0. The van der Waals surface area contributed by atoms with Gasteiger partial charge in [0, 0.05) is 16.3 Å². The van der Waals surface area contributed by atoms with E-state index in [0.717, 1.165) is 5.56 Å². The highest BCUT2D eigenvalue weighted by Gasteiger charge is 2.11. The first kappa shape index (κ1) is 19.6. The maximum Gasteiger partial charge on any atom is 0.271 e. The van der Waals surface area contributed by atoms with Crippen molar-refractivity contribution in [3.63, 3.8) is 0 Å². The van der Waals surface area contributed by atoms with Crippen molar-refractivity contribution in [3.05, 3.63) is 99.5 Å². The van der Waals surface area contributed by atoms with Crippen LogP contribution in [0.4, 0.5) is 5.69 Å². The molecule has 0 aliphatic rings. The minimum atomic E-state index is -0.369. The molecule has 5 nitrogen and oxygen atoms in total. The molecule has 0 aliphatic carbocycles. The first-order valence-corrected chi connectivity index (χ1v) is 9.03. The molecule has 28 heavy (non-hydrogen) atoms. The average Bonchev–Trinajstić information content (AvgIpc) is 2.69. The molecule has 0 aromatic heterocycles. The van der Waals surface area contributed by atoms with Crippen molar-refractivity contribution in [2.75, 3.05) is 5.32 Å². The lowest BCUT2D eigenvalue weighted by Crippen LogP contribution is -2.18. The molecule has 2 N–H and O–H groups in total. The molecule has 0 atom stereocenters. The molecule has 3 aromatic rings. The van der Waals surface area contributed by atoms with E-state index in [4.69, 9.17) is 23.2 Å². The molecule has 140 valence electrons. The van der Waals surface area contributed by atoms with Crippen LogP contribution in [0.15, 0.2) is 77.9 Å². The summed E-state index contributed by atoms with van der Waals surface area (Å²) in [6.07, 6.45) is 1.56. The number of anilines is 1.